The van der Waals surface area contributed by atoms with Gasteiger partial charge in [0.2, 0.25) is 6.41 Å². The number of H-pyrrole nitrogens is 1. The minimum Gasteiger partial charge on any atom is -0.278 e. The summed E-state index contributed by atoms with van der Waals surface area (Å²) < 4.78 is 52.4. The van der Waals surface area contributed by atoms with Gasteiger partial charge in [0.15, 0.2) is 5.69 Å². The van der Waals surface area contributed by atoms with Gasteiger partial charge in [-0.3, -0.25) is 14.8 Å². The van der Waals surface area contributed by atoms with E-state index in [1.165, 1.54) is 43.5 Å². The second-order valence-corrected chi connectivity index (χ2v) is 5.40. The number of nitrogens with one attached hydrogen (secondary N) is 1. The van der Waals surface area contributed by atoms with Crippen LogP contribution in [0.2, 0.25) is 0 Å². The van der Waals surface area contributed by atoms with Gasteiger partial charge in [-0.15, -0.1) is 0 Å². The standard InChI is InChI=1S/C17H12F4N4O/c1-10-15(23-24-16(10)17(19,20)21)11-6-7-14(22-8-11)25(9-26)13-5-3-2-4-12(13)18/h2-9H,1H3,(H,23,24). The van der Waals surface area contributed by atoms with Crippen LogP contribution in [-0.2, 0) is 11.0 Å². The molecular formula is C17H12F4N4O. The van der Waals surface area contributed by atoms with Crippen molar-refractivity contribution in [3.63, 3.8) is 0 Å². The monoisotopic (exact) mass is 364 g/mol. The summed E-state index contributed by atoms with van der Waals surface area (Å²) in [5.41, 5.74) is -0.528. The van der Waals surface area contributed by atoms with E-state index in [2.05, 4.69) is 15.2 Å². The second kappa shape index (κ2) is 6.58. The summed E-state index contributed by atoms with van der Waals surface area (Å²) in [6.07, 6.45) is -2.87. The van der Waals surface area contributed by atoms with E-state index in [1.54, 1.807) is 6.07 Å². The Balaban J connectivity index is 1.95. The number of aromatic nitrogens is 3. The lowest BCUT2D eigenvalue weighted by Gasteiger charge is -2.17. The fourth-order valence-electron chi connectivity index (χ4n) is 2.51. The maximum absolute atomic E-state index is 13.9. The Hall–Kier alpha value is -3.23. The fraction of sp³-hybridized carbons (Fsp3) is 0.118. The maximum atomic E-state index is 13.9. The van der Waals surface area contributed by atoms with Crippen molar-refractivity contribution in [2.24, 2.45) is 0 Å². The third-order valence-electron chi connectivity index (χ3n) is 3.78. The molecule has 0 atom stereocenters. The fourth-order valence-corrected chi connectivity index (χ4v) is 2.51. The van der Waals surface area contributed by atoms with Gasteiger partial charge in [-0.25, -0.2) is 9.37 Å². The highest BCUT2D eigenvalue weighted by Gasteiger charge is 2.36. The zero-order chi connectivity index (χ0) is 18.9. The SMILES string of the molecule is Cc1c(C(F)(F)F)n[nH]c1-c1ccc(N(C=O)c2ccccc2F)nc1. The Morgan fingerprint density at radius 2 is 1.88 bits per heavy atom. The molecule has 0 saturated heterocycles. The first-order chi connectivity index (χ1) is 12.3. The highest BCUT2D eigenvalue weighted by molar-refractivity contribution is 5.85. The van der Waals surface area contributed by atoms with Gasteiger partial charge in [0.25, 0.3) is 0 Å². The van der Waals surface area contributed by atoms with Gasteiger partial charge in [0.1, 0.15) is 11.6 Å². The number of rotatable bonds is 4. The predicted molar refractivity (Wildman–Crippen MR) is 86.2 cm³/mol. The number of carbonyl (C=O) groups is 1. The Morgan fingerprint density at radius 3 is 2.42 bits per heavy atom. The molecule has 0 bridgehead atoms. The first-order valence-electron chi connectivity index (χ1n) is 7.40. The van der Waals surface area contributed by atoms with Crippen molar-refractivity contribution in [3.8, 4) is 11.3 Å². The van der Waals surface area contributed by atoms with Crippen LogP contribution in [0.15, 0.2) is 42.6 Å². The highest BCUT2D eigenvalue weighted by atomic mass is 19.4. The summed E-state index contributed by atoms with van der Waals surface area (Å²) in [4.78, 5) is 16.4. The van der Waals surface area contributed by atoms with Crippen molar-refractivity contribution >= 4 is 17.9 Å². The molecular weight excluding hydrogens is 352 g/mol. The van der Waals surface area contributed by atoms with Crippen LogP contribution in [0.3, 0.4) is 0 Å². The van der Waals surface area contributed by atoms with Crippen LogP contribution in [0.4, 0.5) is 29.1 Å². The molecule has 0 spiro atoms. The van der Waals surface area contributed by atoms with E-state index < -0.39 is 17.7 Å². The van der Waals surface area contributed by atoms with Crippen LogP contribution in [0.5, 0.6) is 0 Å². The number of aromatic amines is 1. The average Bonchev–Trinajstić information content (AvgIpc) is 3.00. The molecule has 1 amide bonds. The summed E-state index contributed by atoms with van der Waals surface area (Å²) in [7, 11) is 0. The van der Waals surface area contributed by atoms with E-state index in [-0.39, 0.29) is 22.8 Å². The van der Waals surface area contributed by atoms with Gasteiger partial charge >= 0.3 is 6.18 Å². The molecule has 0 aliphatic carbocycles. The number of pyridine rings is 1. The molecule has 1 aromatic carbocycles. The quantitative estimate of drug-likeness (QED) is 0.557. The zero-order valence-electron chi connectivity index (χ0n) is 13.4. The summed E-state index contributed by atoms with van der Waals surface area (Å²) in [6.45, 7) is 1.30. The lowest BCUT2D eigenvalue weighted by atomic mass is 10.1. The van der Waals surface area contributed by atoms with E-state index in [9.17, 15) is 22.4 Å². The molecule has 1 N–H and O–H groups in total. The van der Waals surface area contributed by atoms with Gasteiger partial charge in [-0.2, -0.15) is 18.3 Å². The molecule has 0 fully saturated rings. The van der Waals surface area contributed by atoms with Crippen LogP contribution >= 0.6 is 0 Å². The summed E-state index contributed by atoms with van der Waals surface area (Å²) in [6, 6.07) is 8.54. The summed E-state index contributed by atoms with van der Waals surface area (Å²) >= 11 is 0. The van der Waals surface area contributed by atoms with Crippen molar-refractivity contribution < 1.29 is 22.4 Å². The Kier molecular flexibility index (Phi) is 4.45. The van der Waals surface area contributed by atoms with Gasteiger partial charge in [-0.05, 0) is 31.2 Å². The molecule has 134 valence electrons. The van der Waals surface area contributed by atoms with Crippen molar-refractivity contribution in [2.75, 3.05) is 4.90 Å². The number of anilines is 2. The smallest absolute Gasteiger partial charge is 0.278 e. The third kappa shape index (κ3) is 3.15. The number of alkyl halides is 3. The van der Waals surface area contributed by atoms with Crippen molar-refractivity contribution in [3.05, 3.63) is 59.7 Å². The lowest BCUT2D eigenvalue weighted by Crippen LogP contribution is -2.16. The number of amides is 1. The molecule has 2 heterocycles. The molecule has 2 aromatic heterocycles. The largest absolute Gasteiger partial charge is 0.435 e. The van der Waals surface area contributed by atoms with E-state index in [4.69, 9.17) is 0 Å². The normalized spacial score (nSPS) is 11.4. The first-order valence-corrected chi connectivity index (χ1v) is 7.40. The molecule has 3 aromatic rings. The number of hydrogen-bond acceptors (Lipinski definition) is 3. The number of nitrogens with zero attached hydrogens (tertiary/aromatic N) is 3. The molecule has 0 aliphatic heterocycles. The zero-order valence-corrected chi connectivity index (χ0v) is 13.4. The second-order valence-electron chi connectivity index (χ2n) is 5.40. The van der Waals surface area contributed by atoms with Crippen molar-refractivity contribution in [1.29, 1.82) is 0 Å². The maximum Gasteiger partial charge on any atom is 0.435 e. The van der Waals surface area contributed by atoms with Gasteiger partial charge in [0, 0.05) is 17.3 Å². The Bertz CT molecular complexity index is 935. The minimum absolute atomic E-state index is 0.0137. The number of benzene rings is 1. The van der Waals surface area contributed by atoms with Crippen molar-refractivity contribution in [1.82, 2.24) is 15.2 Å². The summed E-state index contributed by atoms with van der Waals surface area (Å²) in [5.74, 6) is -0.480. The first kappa shape index (κ1) is 17.6. The molecule has 0 aliphatic rings. The number of para-hydroxylation sites is 1. The number of hydrogen-bond donors (Lipinski definition) is 1. The van der Waals surface area contributed by atoms with Crippen LogP contribution in [-0.4, -0.2) is 21.6 Å². The molecule has 0 saturated carbocycles. The van der Waals surface area contributed by atoms with Gasteiger partial charge in [0.05, 0.1) is 11.4 Å². The molecule has 26 heavy (non-hydrogen) atoms. The topological polar surface area (TPSA) is 61.9 Å². The van der Waals surface area contributed by atoms with E-state index in [0.717, 1.165) is 4.90 Å². The summed E-state index contributed by atoms with van der Waals surface area (Å²) in [5, 5.41) is 5.65. The Labute approximate surface area is 145 Å². The molecule has 3 rings (SSSR count). The van der Waals surface area contributed by atoms with Gasteiger partial charge < -0.3 is 0 Å². The van der Waals surface area contributed by atoms with E-state index in [0.29, 0.717) is 12.0 Å². The van der Waals surface area contributed by atoms with Crippen LogP contribution < -0.4 is 4.90 Å². The number of carbonyl (C=O) groups excluding carboxylic acids is 1. The Morgan fingerprint density at radius 1 is 1.15 bits per heavy atom. The molecule has 0 unspecified atom stereocenters. The third-order valence-corrected chi connectivity index (χ3v) is 3.78. The minimum atomic E-state index is -4.56. The van der Waals surface area contributed by atoms with Crippen LogP contribution in [0.25, 0.3) is 11.3 Å². The highest BCUT2D eigenvalue weighted by Crippen LogP contribution is 2.34. The molecule has 5 nitrogen and oxygen atoms in total. The van der Waals surface area contributed by atoms with Gasteiger partial charge in [-0.1, -0.05) is 12.1 Å². The van der Waals surface area contributed by atoms with Crippen LogP contribution in [0, 0.1) is 12.7 Å². The van der Waals surface area contributed by atoms with E-state index >= 15 is 0 Å². The predicted octanol–water partition coefficient (Wildman–Crippen LogP) is 4.23. The van der Waals surface area contributed by atoms with E-state index in [1.807, 2.05) is 0 Å². The number of halogens is 4. The van der Waals surface area contributed by atoms with Crippen LogP contribution in [0.1, 0.15) is 11.3 Å². The molecule has 0 radical (unpaired) electrons. The van der Waals surface area contributed by atoms with Crippen molar-refractivity contribution in [2.45, 2.75) is 13.1 Å². The average molecular weight is 364 g/mol. The molecule has 9 heteroatoms. The lowest BCUT2D eigenvalue weighted by molar-refractivity contribution is -0.141.